The summed E-state index contributed by atoms with van der Waals surface area (Å²) < 4.78 is 0. The molecule has 0 aliphatic carbocycles. The maximum Gasteiger partial charge on any atom is 0.238 e. The normalized spacial score (nSPS) is 38.4. The van der Waals surface area contributed by atoms with Crippen molar-refractivity contribution in [3.63, 3.8) is 0 Å². The van der Waals surface area contributed by atoms with Gasteiger partial charge in [-0.2, -0.15) is 0 Å². The Labute approximate surface area is 110 Å². The van der Waals surface area contributed by atoms with Crippen molar-refractivity contribution in [2.75, 3.05) is 13.1 Å². The van der Waals surface area contributed by atoms with Crippen molar-refractivity contribution in [2.24, 2.45) is 11.8 Å². The van der Waals surface area contributed by atoms with Crippen LogP contribution >= 0.6 is 0 Å². The van der Waals surface area contributed by atoms with E-state index in [0.29, 0.717) is 18.0 Å². The monoisotopic (exact) mass is 253 g/mol. The van der Waals surface area contributed by atoms with Crippen LogP contribution in [0.25, 0.3) is 0 Å². The summed E-state index contributed by atoms with van der Waals surface area (Å²) in [4.78, 5) is 12.3. The second kappa shape index (κ2) is 6.02. The number of carbonyl (C=O) groups excluding carboxylic acids is 1. The first kappa shape index (κ1) is 13.8. The molecule has 2 aliphatic heterocycles. The maximum atomic E-state index is 12.3. The van der Waals surface area contributed by atoms with Crippen molar-refractivity contribution < 1.29 is 4.79 Å². The molecule has 1 amide bonds. The summed E-state index contributed by atoms with van der Waals surface area (Å²) in [6.07, 6.45) is 4.65. The number of nitrogens with one attached hydrogen (secondary N) is 2. The Morgan fingerprint density at radius 3 is 2.44 bits per heavy atom. The third-order valence-electron chi connectivity index (χ3n) is 4.37. The van der Waals surface area contributed by atoms with Gasteiger partial charge in [0, 0.05) is 18.6 Å². The fourth-order valence-electron chi connectivity index (χ4n) is 3.22. The van der Waals surface area contributed by atoms with Gasteiger partial charge in [-0.1, -0.05) is 13.3 Å². The van der Waals surface area contributed by atoms with Gasteiger partial charge in [-0.05, 0) is 45.6 Å². The largest absolute Gasteiger partial charge is 0.316 e. The summed E-state index contributed by atoms with van der Waals surface area (Å²) in [5, 5.41) is 5.52. The van der Waals surface area contributed by atoms with Gasteiger partial charge >= 0.3 is 0 Å². The van der Waals surface area contributed by atoms with E-state index >= 15 is 0 Å². The van der Waals surface area contributed by atoms with Gasteiger partial charge < -0.3 is 5.32 Å². The minimum absolute atomic E-state index is 0.134. The van der Waals surface area contributed by atoms with Gasteiger partial charge in [-0.25, -0.2) is 5.01 Å². The van der Waals surface area contributed by atoms with Gasteiger partial charge in [-0.15, -0.1) is 0 Å². The zero-order chi connectivity index (χ0) is 13.1. The van der Waals surface area contributed by atoms with Crippen LogP contribution in [0.15, 0.2) is 0 Å². The fourth-order valence-corrected chi connectivity index (χ4v) is 3.22. The van der Waals surface area contributed by atoms with Crippen LogP contribution < -0.4 is 10.7 Å². The summed E-state index contributed by atoms with van der Waals surface area (Å²) in [5.41, 5.74) is 3.16. The van der Waals surface area contributed by atoms with E-state index in [1.807, 2.05) is 0 Å². The molecule has 2 saturated heterocycles. The minimum Gasteiger partial charge on any atom is -0.316 e. The van der Waals surface area contributed by atoms with Gasteiger partial charge in [0.1, 0.15) is 0 Å². The van der Waals surface area contributed by atoms with E-state index in [9.17, 15) is 4.79 Å². The first-order chi connectivity index (χ1) is 8.58. The van der Waals surface area contributed by atoms with Gasteiger partial charge in [0.15, 0.2) is 0 Å². The molecule has 2 aliphatic rings. The molecule has 4 nitrogen and oxygen atoms in total. The molecule has 4 atom stereocenters. The molecule has 2 rings (SSSR count). The molecule has 104 valence electrons. The first-order valence-corrected chi connectivity index (χ1v) is 7.37. The number of hydrogen-bond acceptors (Lipinski definition) is 3. The van der Waals surface area contributed by atoms with Crippen LogP contribution in [-0.4, -0.2) is 36.1 Å². The Bertz CT molecular complexity index is 285. The molecule has 0 bridgehead atoms. The van der Waals surface area contributed by atoms with Gasteiger partial charge in [0.05, 0.1) is 5.92 Å². The van der Waals surface area contributed by atoms with Crippen LogP contribution in [0.3, 0.4) is 0 Å². The topological polar surface area (TPSA) is 44.4 Å². The summed E-state index contributed by atoms with van der Waals surface area (Å²) >= 11 is 0. The number of piperidine rings is 2. The van der Waals surface area contributed by atoms with E-state index in [0.717, 1.165) is 19.5 Å². The van der Waals surface area contributed by atoms with E-state index in [1.165, 1.54) is 19.3 Å². The highest BCUT2D eigenvalue weighted by Gasteiger charge is 2.30. The van der Waals surface area contributed by atoms with Gasteiger partial charge in [0.2, 0.25) is 5.91 Å². The summed E-state index contributed by atoms with van der Waals surface area (Å²) in [6, 6.07) is 0.929. The van der Waals surface area contributed by atoms with E-state index in [1.54, 1.807) is 0 Å². The number of carbonyl (C=O) groups is 1. The highest BCUT2D eigenvalue weighted by Crippen LogP contribution is 2.21. The number of hydrogen-bond donors (Lipinski definition) is 2. The summed E-state index contributed by atoms with van der Waals surface area (Å²) in [7, 11) is 0. The average Bonchev–Trinajstić information content (AvgIpc) is 2.34. The van der Waals surface area contributed by atoms with E-state index in [4.69, 9.17) is 0 Å². The van der Waals surface area contributed by atoms with Crippen LogP contribution in [0.1, 0.15) is 46.5 Å². The summed E-state index contributed by atoms with van der Waals surface area (Å²) in [5.74, 6) is 0.940. The van der Waals surface area contributed by atoms with Crippen molar-refractivity contribution in [1.29, 1.82) is 0 Å². The highest BCUT2D eigenvalue weighted by molar-refractivity contribution is 5.78. The lowest BCUT2D eigenvalue weighted by Gasteiger charge is -2.40. The molecular formula is C14H27N3O. The molecule has 0 spiro atoms. The molecule has 2 N–H and O–H groups in total. The van der Waals surface area contributed by atoms with Crippen molar-refractivity contribution in [2.45, 2.75) is 58.5 Å². The lowest BCUT2D eigenvalue weighted by atomic mass is 9.91. The van der Waals surface area contributed by atoms with Crippen LogP contribution in [0, 0.1) is 11.8 Å². The predicted molar refractivity (Wildman–Crippen MR) is 72.9 cm³/mol. The van der Waals surface area contributed by atoms with Crippen molar-refractivity contribution in [3.05, 3.63) is 0 Å². The quantitative estimate of drug-likeness (QED) is 0.784. The van der Waals surface area contributed by atoms with E-state index < -0.39 is 0 Å². The number of rotatable bonds is 2. The lowest BCUT2D eigenvalue weighted by Crippen LogP contribution is -2.56. The lowest BCUT2D eigenvalue weighted by molar-refractivity contribution is -0.134. The molecule has 0 aromatic carbocycles. The fraction of sp³-hybridized carbons (Fsp3) is 0.929. The van der Waals surface area contributed by atoms with Gasteiger partial charge in [0.25, 0.3) is 0 Å². The van der Waals surface area contributed by atoms with Crippen LogP contribution in [0.2, 0.25) is 0 Å². The molecule has 4 heteroatoms. The minimum atomic E-state index is 0.134. The molecule has 0 aromatic rings. The maximum absolute atomic E-state index is 12.3. The van der Waals surface area contributed by atoms with Crippen LogP contribution in [0.4, 0.5) is 0 Å². The smallest absolute Gasteiger partial charge is 0.238 e. The zero-order valence-corrected chi connectivity index (χ0v) is 11.9. The van der Waals surface area contributed by atoms with Crippen LogP contribution in [-0.2, 0) is 4.79 Å². The number of amides is 1. The first-order valence-electron chi connectivity index (χ1n) is 7.37. The Kier molecular flexibility index (Phi) is 4.62. The molecule has 18 heavy (non-hydrogen) atoms. The van der Waals surface area contributed by atoms with E-state index in [2.05, 4.69) is 36.5 Å². The third kappa shape index (κ3) is 3.23. The zero-order valence-electron chi connectivity index (χ0n) is 11.9. The third-order valence-corrected chi connectivity index (χ3v) is 4.37. The molecule has 0 radical (unpaired) electrons. The Hall–Kier alpha value is -0.610. The van der Waals surface area contributed by atoms with E-state index in [-0.39, 0.29) is 11.8 Å². The van der Waals surface area contributed by atoms with Crippen LogP contribution in [0.5, 0.6) is 0 Å². The molecule has 0 saturated carbocycles. The van der Waals surface area contributed by atoms with Crippen molar-refractivity contribution in [3.8, 4) is 0 Å². The Morgan fingerprint density at radius 2 is 1.83 bits per heavy atom. The molecule has 2 fully saturated rings. The molecule has 0 aromatic heterocycles. The molecule has 2 heterocycles. The Balaban J connectivity index is 1.89. The van der Waals surface area contributed by atoms with Crippen molar-refractivity contribution in [1.82, 2.24) is 15.8 Å². The number of hydrazine groups is 1. The average molecular weight is 253 g/mol. The second-order valence-electron chi connectivity index (χ2n) is 6.21. The van der Waals surface area contributed by atoms with Crippen molar-refractivity contribution >= 4 is 5.91 Å². The number of nitrogens with zero attached hydrogens (tertiary/aromatic N) is 1. The predicted octanol–water partition coefficient (Wildman–Crippen LogP) is 1.53. The second-order valence-corrected chi connectivity index (χ2v) is 6.21. The SMILES string of the molecule is CC1CNCC(C(=O)NN2C(C)CCCC2C)C1. The standard InChI is InChI=1S/C14H27N3O/c1-10-7-13(9-15-8-10)14(18)16-17-11(2)5-4-6-12(17)3/h10-13,15H,4-9H2,1-3H3,(H,16,18). The molecular weight excluding hydrogens is 226 g/mol. The van der Waals surface area contributed by atoms with Gasteiger partial charge in [-0.3, -0.25) is 10.2 Å². The highest BCUT2D eigenvalue weighted by atomic mass is 16.2. The summed E-state index contributed by atoms with van der Waals surface area (Å²) in [6.45, 7) is 8.49. The molecule has 4 unspecified atom stereocenters. The Morgan fingerprint density at radius 1 is 1.17 bits per heavy atom.